The van der Waals surface area contributed by atoms with Gasteiger partial charge in [0.2, 0.25) is 11.3 Å². The van der Waals surface area contributed by atoms with E-state index in [0.717, 1.165) is 10.9 Å². The average Bonchev–Trinajstić information content (AvgIpc) is 3.16. The molecule has 5 heteroatoms. The van der Waals surface area contributed by atoms with Crippen molar-refractivity contribution in [3.8, 4) is 0 Å². The second kappa shape index (κ2) is 5.23. The van der Waals surface area contributed by atoms with Gasteiger partial charge >= 0.3 is 5.97 Å². The number of fused-ring (bicyclic) bond motifs is 2. The predicted molar refractivity (Wildman–Crippen MR) is 91.0 cm³/mol. The van der Waals surface area contributed by atoms with Crippen LogP contribution in [0.1, 0.15) is 22.8 Å². The number of rotatable bonds is 3. The van der Waals surface area contributed by atoms with E-state index in [-0.39, 0.29) is 12.4 Å². The van der Waals surface area contributed by atoms with Crippen molar-refractivity contribution >= 4 is 28.3 Å². The van der Waals surface area contributed by atoms with Crippen LogP contribution in [0, 0.1) is 0 Å². The van der Waals surface area contributed by atoms with Crippen LogP contribution in [0.5, 0.6) is 0 Å². The first-order chi connectivity index (χ1) is 11.7. The van der Waals surface area contributed by atoms with E-state index in [4.69, 9.17) is 4.74 Å². The van der Waals surface area contributed by atoms with E-state index < -0.39 is 11.5 Å². The van der Waals surface area contributed by atoms with Gasteiger partial charge in [-0.1, -0.05) is 30.3 Å². The van der Waals surface area contributed by atoms with Gasteiger partial charge in [0.05, 0.1) is 6.61 Å². The molecule has 0 radical (unpaired) electrons. The molecule has 4 rings (SSSR count). The molecule has 0 saturated carbocycles. The van der Waals surface area contributed by atoms with Gasteiger partial charge in [0.1, 0.15) is 0 Å². The number of carbonyl (C=O) groups excluding carboxylic acids is 2. The van der Waals surface area contributed by atoms with Crippen LogP contribution in [0.4, 0.5) is 5.69 Å². The highest BCUT2D eigenvalue weighted by Crippen LogP contribution is 2.42. The number of nitrogens with one attached hydrogen (secondary N) is 2. The Hall–Kier alpha value is -3.08. The standard InChI is InChI=1S/C19H16N2O3/c1-2-24-18(23)19(14-11-20-15-9-5-3-7-12(14)15)17(22)13-8-4-6-10-16(13)21-19/h3-11,20-21H,2H2,1H3. The van der Waals surface area contributed by atoms with Crippen LogP contribution in [0.2, 0.25) is 0 Å². The van der Waals surface area contributed by atoms with Crippen molar-refractivity contribution in [2.45, 2.75) is 12.5 Å². The molecule has 0 spiro atoms. The fourth-order valence-electron chi connectivity index (χ4n) is 3.32. The molecule has 1 atom stereocenters. The first-order valence-corrected chi connectivity index (χ1v) is 7.84. The van der Waals surface area contributed by atoms with E-state index in [2.05, 4.69) is 10.3 Å². The summed E-state index contributed by atoms with van der Waals surface area (Å²) in [5.41, 5.74) is 1.02. The lowest BCUT2D eigenvalue weighted by molar-refractivity contribution is -0.146. The highest BCUT2D eigenvalue weighted by molar-refractivity contribution is 6.25. The molecule has 0 bridgehead atoms. The molecular formula is C19H16N2O3. The number of hydrogen-bond acceptors (Lipinski definition) is 4. The first-order valence-electron chi connectivity index (χ1n) is 7.84. The number of anilines is 1. The summed E-state index contributed by atoms with van der Waals surface area (Å²) in [7, 11) is 0. The molecular weight excluding hydrogens is 304 g/mol. The maximum atomic E-state index is 13.2. The molecule has 2 heterocycles. The van der Waals surface area contributed by atoms with E-state index in [0.29, 0.717) is 16.8 Å². The fourth-order valence-corrected chi connectivity index (χ4v) is 3.32. The van der Waals surface area contributed by atoms with E-state index >= 15 is 0 Å². The lowest BCUT2D eigenvalue weighted by atomic mass is 9.85. The Labute approximate surface area is 138 Å². The average molecular weight is 320 g/mol. The van der Waals surface area contributed by atoms with Gasteiger partial charge in [0.25, 0.3) is 0 Å². The van der Waals surface area contributed by atoms with Gasteiger partial charge in [0, 0.05) is 33.9 Å². The Kier molecular flexibility index (Phi) is 3.16. The summed E-state index contributed by atoms with van der Waals surface area (Å²) in [4.78, 5) is 29.2. The largest absolute Gasteiger partial charge is 0.464 e. The van der Waals surface area contributed by atoms with E-state index in [1.165, 1.54) is 0 Å². The van der Waals surface area contributed by atoms with Crippen LogP contribution in [0.15, 0.2) is 54.7 Å². The van der Waals surface area contributed by atoms with Crippen molar-refractivity contribution < 1.29 is 14.3 Å². The van der Waals surface area contributed by atoms with Crippen LogP contribution in [0.25, 0.3) is 10.9 Å². The van der Waals surface area contributed by atoms with Crippen molar-refractivity contribution in [3.05, 3.63) is 65.9 Å². The summed E-state index contributed by atoms with van der Waals surface area (Å²) < 4.78 is 5.27. The van der Waals surface area contributed by atoms with Crippen LogP contribution in [0.3, 0.4) is 0 Å². The van der Waals surface area contributed by atoms with Crippen molar-refractivity contribution in [3.63, 3.8) is 0 Å². The van der Waals surface area contributed by atoms with E-state index in [1.54, 1.807) is 31.3 Å². The number of ketones is 1. The Balaban J connectivity index is 1.97. The van der Waals surface area contributed by atoms with E-state index in [9.17, 15) is 9.59 Å². The zero-order valence-electron chi connectivity index (χ0n) is 13.1. The second-order valence-electron chi connectivity index (χ2n) is 5.72. The number of aromatic nitrogens is 1. The quantitative estimate of drug-likeness (QED) is 0.574. The molecule has 0 aliphatic carbocycles. The Morgan fingerprint density at radius 1 is 1.12 bits per heavy atom. The molecule has 1 aromatic heterocycles. The number of esters is 1. The summed E-state index contributed by atoms with van der Waals surface area (Å²) in [6.45, 7) is 1.93. The lowest BCUT2D eigenvalue weighted by Crippen LogP contribution is -2.47. The summed E-state index contributed by atoms with van der Waals surface area (Å²) >= 11 is 0. The highest BCUT2D eigenvalue weighted by Gasteiger charge is 2.55. The minimum atomic E-state index is -1.56. The predicted octanol–water partition coefficient (Wildman–Crippen LogP) is 3.23. The summed E-state index contributed by atoms with van der Waals surface area (Å²) in [6.07, 6.45) is 1.71. The normalized spacial score (nSPS) is 19.1. The zero-order valence-corrected chi connectivity index (χ0v) is 13.1. The molecule has 5 nitrogen and oxygen atoms in total. The maximum Gasteiger partial charge on any atom is 0.344 e. The van der Waals surface area contributed by atoms with Gasteiger partial charge in [-0.2, -0.15) is 0 Å². The van der Waals surface area contributed by atoms with Crippen molar-refractivity contribution in [1.29, 1.82) is 0 Å². The molecule has 2 aromatic carbocycles. The first kappa shape index (κ1) is 14.5. The second-order valence-corrected chi connectivity index (χ2v) is 5.72. The number of Topliss-reactive ketones (excluding diaryl/α,β-unsaturated/α-hetero) is 1. The summed E-state index contributed by atoms with van der Waals surface area (Å²) in [5.74, 6) is -0.878. The molecule has 0 amide bonds. The number of aromatic amines is 1. The maximum absolute atomic E-state index is 13.2. The van der Waals surface area contributed by atoms with Gasteiger partial charge < -0.3 is 15.0 Å². The topological polar surface area (TPSA) is 71.2 Å². The monoisotopic (exact) mass is 320 g/mol. The molecule has 0 fully saturated rings. The molecule has 2 N–H and O–H groups in total. The molecule has 1 unspecified atom stereocenters. The fraction of sp³-hybridized carbons (Fsp3) is 0.158. The third kappa shape index (κ3) is 1.81. The zero-order chi connectivity index (χ0) is 16.7. The van der Waals surface area contributed by atoms with Gasteiger partial charge in [-0.3, -0.25) is 4.79 Å². The third-order valence-corrected chi connectivity index (χ3v) is 4.41. The third-order valence-electron chi connectivity index (χ3n) is 4.41. The minimum absolute atomic E-state index is 0.203. The summed E-state index contributed by atoms with van der Waals surface area (Å²) in [5, 5.41) is 3.95. The van der Waals surface area contributed by atoms with Crippen molar-refractivity contribution in [1.82, 2.24) is 4.98 Å². The van der Waals surface area contributed by atoms with Gasteiger partial charge in [-0.15, -0.1) is 0 Å². The van der Waals surface area contributed by atoms with Crippen LogP contribution in [-0.2, 0) is 15.1 Å². The molecule has 120 valence electrons. The number of hydrogen-bond donors (Lipinski definition) is 2. The highest BCUT2D eigenvalue weighted by atomic mass is 16.5. The lowest BCUT2D eigenvalue weighted by Gasteiger charge is -2.26. The number of ether oxygens (including phenoxy) is 1. The molecule has 24 heavy (non-hydrogen) atoms. The van der Waals surface area contributed by atoms with Gasteiger partial charge in [-0.05, 0) is 25.1 Å². The molecule has 1 aliphatic rings. The molecule has 0 saturated heterocycles. The smallest absolute Gasteiger partial charge is 0.344 e. The number of para-hydroxylation sites is 2. The van der Waals surface area contributed by atoms with Crippen molar-refractivity contribution in [2.75, 3.05) is 11.9 Å². The van der Waals surface area contributed by atoms with E-state index in [1.807, 2.05) is 30.3 Å². The van der Waals surface area contributed by atoms with Crippen LogP contribution in [-0.4, -0.2) is 23.3 Å². The van der Waals surface area contributed by atoms with Gasteiger partial charge in [-0.25, -0.2) is 4.79 Å². The van der Waals surface area contributed by atoms with Crippen LogP contribution < -0.4 is 5.32 Å². The summed E-state index contributed by atoms with van der Waals surface area (Å²) in [6, 6.07) is 14.7. The Bertz CT molecular complexity index is 960. The van der Waals surface area contributed by atoms with Crippen molar-refractivity contribution in [2.24, 2.45) is 0 Å². The molecule has 1 aliphatic heterocycles. The Morgan fingerprint density at radius 2 is 1.88 bits per heavy atom. The SMILES string of the molecule is CCOC(=O)C1(c2c[nH]c3ccccc23)Nc2ccccc2C1=O. The van der Waals surface area contributed by atoms with Gasteiger partial charge in [0.15, 0.2) is 0 Å². The number of carbonyl (C=O) groups is 2. The Morgan fingerprint density at radius 3 is 2.67 bits per heavy atom. The minimum Gasteiger partial charge on any atom is -0.464 e. The molecule has 3 aromatic rings. The number of benzene rings is 2. The van der Waals surface area contributed by atoms with Crippen LogP contribution >= 0.6 is 0 Å². The number of H-pyrrole nitrogens is 1.